The quantitative estimate of drug-likeness (QED) is 0.181. The van der Waals surface area contributed by atoms with E-state index in [4.69, 9.17) is 15.0 Å². The zero-order valence-corrected chi connectivity index (χ0v) is 29.7. The average molecular weight is 684 g/mol. The van der Waals surface area contributed by atoms with Gasteiger partial charge in [0.2, 0.25) is 0 Å². The van der Waals surface area contributed by atoms with Crippen LogP contribution in [0.15, 0.2) is 164 Å². The van der Waals surface area contributed by atoms with Gasteiger partial charge in [-0.05, 0) is 45.5 Å². The Labute approximate surface area is 307 Å². The van der Waals surface area contributed by atoms with Gasteiger partial charge in [-0.3, -0.25) is 0 Å². The molecule has 0 fully saturated rings. The summed E-state index contributed by atoms with van der Waals surface area (Å²) in [5.41, 5.74) is 14.6. The maximum absolute atomic E-state index is 5.44. The van der Waals surface area contributed by atoms with Crippen molar-refractivity contribution in [1.29, 1.82) is 0 Å². The fourth-order valence-corrected chi connectivity index (χ4v) is 9.03. The minimum atomic E-state index is -0.179. The van der Waals surface area contributed by atoms with Crippen LogP contribution in [0.25, 0.3) is 87.7 Å². The third-order valence-electron chi connectivity index (χ3n) is 10.5. The maximum atomic E-state index is 5.44. The van der Waals surface area contributed by atoms with E-state index in [2.05, 4.69) is 141 Å². The Morgan fingerprint density at radius 1 is 0.481 bits per heavy atom. The van der Waals surface area contributed by atoms with Gasteiger partial charge in [-0.25, -0.2) is 15.0 Å². The highest BCUT2D eigenvalue weighted by molar-refractivity contribution is 7.25. The standard InChI is InChI=1S/C48H33N3S/c1-48(2)38-19-11-9-17-36(38)42-43-37-18-10-12-20-41(37)52-47(43)51-45(44(42)48)34-27-23-31(24-28-34)30-21-25-33(26-22-30)40-29-39(32-13-5-3-6-14-32)49-46(50-40)35-15-7-4-8-16-35/h3-29H,1-2H3. The fourth-order valence-electron chi connectivity index (χ4n) is 7.94. The Bertz CT molecular complexity index is 2720. The van der Waals surface area contributed by atoms with Crippen LogP contribution in [0.2, 0.25) is 0 Å². The second-order valence-electron chi connectivity index (χ2n) is 14.0. The van der Waals surface area contributed by atoms with Crippen molar-refractivity contribution in [3.63, 3.8) is 0 Å². The van der Waals surface area contributed by atoms with Crippen molar-refractivity contribution in [2.24, 2.45) is 0 Å². The Kier molecular flexibility index (Phi) is 7.02. The Balaban J connectivity index is 1.04. The molecule has 0 radical (unpaired) electrons. The highest BCUT2D eigenvalue weighted by Crippen LogP contribution is 2.56. The van der Waals surface area contributed by atoms with Gasteiger partial charge in [-0.15, -0.1) is 11.3 Å². The van der Waals surface area contributed by atoms with E-state index in [-0.39, 0.29) is 5.41 Å². The fraction of sp³-hybridized carbons (Fsp3) is 0.0625. The largest absolute Gasteiger partial charge is 0.237 e. The molecule has 0 amide bonds. The summed E-state index contributed by atoms with van der Waals surface area (Å²) < 4.78 is 1.28. The number of hydrogen-bond donors (Lipinski definition) is 0. The molecule has 3 heterocycles. The molecule has 1 aliphatic rings. The van der Waals surface area contributed by atoms with Crippen LogP contribution in [0.3, 0.4) is 0 Å². The molecule has 1 aliphatic carbocycles. The van der Waals surface area contributed by atoms with Gasteiger partial charge in [0.15, 0.2) is 5.82 Å². The van der Waals surface area contributed by atoms with Gasteiger partial charge < -0.3 is 0 Å². The molecule has 4 heteroatoms. The molecule has 0 spiro atoms. The van der Waals surface area contributed by atoms with Crippen molar-refractivity contribution in [3.8, 4) is 67.4 Å². The third-order valence-corrected chi connectivity index (χ3v) is 11.6. The lowest BCUT2D eigenvalue weighted by atomic mass is 9.80. The number of nitrogens with zero attached hydrogens (tertiary/aromatic N) is 3. The number of benzene rings is 6. The van der Waals surface area contributed by atoms with Gasteiger partial charge in [0, 0.05) is 43.1 Å². The molecule has 6 aromatic carbocycles. The molecule has 0 N–H and O–H groups in total. The zero-order valence-electron chi connectivity index (χ0n) is 28.8. The van der Waals surface area contributed by atoms with E-state index in [0.29, 0.717) is 0 Å². The summed E-state index contributed by atoms with van der Waals surface area (Å²) in [5, 5.41) is 2.57. The molecule has 0 bridgehead atoms. The van der Waals surface area contributed by atoms with Crippen molar-refractivity contribution in [2.45, 2.75) is 19.3 Å². The summed E-state index contributed by atoms with van der Waals surface area (Å²) in [6.07, 6.45) is 0. The molecule has 52 heavy (non-hydrogen) atoms. The lowest BCUT2D eigenvalue weighted by Gasteiger charge is -2.24. The van der Waals surface area contributed by atoms with E-state index < -0.39 is 0 Å². The number of pyridine rings is 1. The highest BCUT2D eigenvalue weighted by atomic mass is 32.1. The van der Waals surface area contributed by atoms with Gasteiger partial charge in [-0.2, -0.15) is 0 Å². The SMILES string of the molecule is CC1(C)c2ccccc2-c2c1c(-c1ccc(-c3ccc(-c4cc(-c5ccccc5)nc(-c5ccccc5)n4)cc3)cc1)nc1sc3ccccc3c21. The van der Waals surface area contributed by atoms with Crippen LogP contribution < -0.4 is 0 Å². The number of hydrogen-bond acceptors (Lipinski definition) is 4. The molecule has 0 unspecified atom stereocenters. The first-order chi connectivity index (χ1) is 25.5. The molecular formula is C48H33N3S. The summed E-state index contributed by atoms with van der Waals surface area (Å²) in [4.78, 5) is 16.5. The molecule has 10 rings (SSSR count). The van der Waals surface area contributed by atoms with Gasteiger partial charge in [0.25, 0.3) is 0 Å². The van der Waals surface area contributed by atoms with Crippen molar-refractivity contribution in [1.82, 2.24) is 15.0 Å². The second-order valence-corrected chi connectivity index (χ2v) is 15.0. The van der Waals surface area contributed by atoms with E-state index >= 15 is 0 Å². The summed E-state index contributed by atoms with van der Waals surface area (Å²) in [6, 6.07) is 57.9. The summed E-state index contributed by atoms with van der Waals surface area (Å²) >= 11 is 1.79. The molecule has 0 atom stereocenters. The van der Waals surface area contributed by atoms with Crippen LogP contribution in [0, 0.1) is 0 Å². The Morgan fingerprint density at radius 3 is 1.71 bits per heavy atom. The summed E-state index contributed by atoms with van der Waals surface area (Å²) in [7, 11) is 0. The van der Waals surface area contributed by atoms with Crippen LogP contribution in [-0.2, 0) is 5.41 Å². The molecule has 9 aromatic rings. The first-order valence-corrected chi connectivity index (χ1v) is 18.5. The zero-order chi connectivity index (χ0) is 34.8. The summed E-state index contributed by atoms with van der Waals surface area (Å²) in [5.74, 6) is 0.719. The normalized spacial score (nSPS) is 13.0. The van der Waals surface area contributed by atoms with Gasteiger partial charge in [-0.1, -0.05) is 166 Å². The van der Waals surface area contributed by atoms with Crippen LogP contribution in [-0.4, -0.2) is 15.0 Å². The smallest absolute Gasteiger partial charge is 0.160 e. The number of rotatable bonds is 5. The molecule has 0 aliphatic heterocycles. The van der Waals surface area contributed by atoms with E-state index in [0.717, 1.165) is 61.1 Å². The molecule has 0 saturated heterocycles. The van der Waals surface area contributed by atoms with Crippen molar-refractivity contribution in [2.75, 3.05) is 0 Å². The van der Waals surface area contributed by atoms with E-state index in [1.807, 2.05) is 36.4 Å². The highest BCUT2D eigenvalue weighted by Gasteiger charge is 2.40. The lowest BCUT2D eigenvalue weighted by Crippen LogP contribution is -2.16. The Morgan fingerprint density at radius 2 is 1.02 bits per heavy atom. The molecule has 246 valence electrons. The van der Waals surface area contributed by atoms with E-state index in [9.17, 15) is 0 Å². The third kappa shape index (κ3) is 4.90. The van der Waals surface area contributed by atoms with Crippen LogP contribution >= 0.6 is 11.3 Å². The van der Waals surface area contributed by atoms with E-state index in [1.54, 1.807) is 11.3 Å². The summed E-state index contributed by atoms with van der Waals surface area (Å²) in [6.45, 7) is 4.70. The second kappa shape index (κ2) is 11.9. The minimum absolute atomic E-state index is 0.179. The van der Waals surface area contributed by atoms with E-state index in [1.165, 1.54) is 37.7 Å². The molecule has 3 nitrogen and oxygen atoms in total. The first kappa shape index (κ1) is 30.6. The molecule has 0 saturated carbocycles. The van der Waals surface area contributed by atoms with Crippen molar-refractivity contribution in [3.05, 3.63) is 175 Å². The van der Waals surface area contributed by atoms with Crippen LogP contribution in [0.1, 0.15) is 25.0 Å². The maximum Gasteiger partial charge on any atom is 0.160 e. The topological polar surface area (TPSA) is 38.7 Å². The van der Waals surface area contributed by atoms with Gasteiger partial charge in [0.1, 0.15) is 4.83 Å². The number of thiophene rings is 1. The van der Waals surface area contributed by atoms with Crippen molar-refractivity contribution < 1.29 is 0 Å². The van der Waals surface area contributed by atoms with Crippen LogP contribution in [0.4, 0.5) is 0 Å². The Hall–Kier alpha value is -6.23. The number of aromatic nitrogens is 3. The predicted molar refractivity (Wildman–Crippen MR) is 217 cm³/mol. The molecule has 3 aromatic heterocycles. The monoisotopic (exact) mass is 683 g/mol. The van der Waals surface area contributed by atoms with Crippen LogP contribution in [0.5, 0.6) is 0 Å². The van der Waals surface area contributed by atoms with Gasteiger partial charge in [0.05, 0.1) is 17.1 Å². The molecular weight excluding hydrogens is 651 g/mol. The number of fused-ring (bicyclic) bond motifs is 7. The average Bonchev–Trinajstić information content (AvgIpc) is 3.70. The van der Waals surface area contributed by atoms with Crippen molar-refractivity contribution >= 4 is 31.6 Å². The predicted octanol–water partition coefficient (Wildman–Crippen LogP) is 12.9. The van der Waals surface area contributed by atoms with Gasteiger partial charge >= 0.3 is 0 Å². The minimum Gasteiger partial charge on any atom is -0.237 e. The lowest BCUT2D eigenvalue weighted by molar-refractivity contribution is 0.660. The first-order valence-electron chi connectivity index (χ1n) is 17.7.